The number of hydrogen-bond acceptors (Lipinski definition) is 5. The van der Waals surface area contributed by atoms with Crippen LogP contribution in [-0.4, -0.2) is 35.6 Å². The molecule has 0 bridgehead atoms. The van der Waals surface area contributed by atoms with E-state index >= 15 is 0 Å². The Hall–Kier alpha value is -2.90. The molecule has 2 heterocycles. The maximum absolute atomic E-state index is 11.9. The van der Waals surface area contributed by atoms with Crippen LogP contribution in [0.5, 0.6) is 0 Å². The number of aromatic nitrogens is 2. The molecule has 0 aliphatic rings. The summed E-state index contributed by atoms with van der Waals surface area (Å²) in [4.78, 5) is 19.9. The lowest BCUT2D eigenvalue weighted by Gasteiger charge is -2.10. The molecule has 1 amide bonds. The molecule has 128 valence electrons. The Kier molecular flexibility index (Phi) is 6.30. The number of rotatable bonds is 6. The second-order valence-electron chi connectivity index (χ2n) is 5.44. The van der Waals surface area contributed by atoms with Crippen LogP contribution >= 0.6 is 0 Å². The molecule has 3 N–H and O–H groups in total. The molecule has 8 heteroatoms. The summed E-state index contributed by atoms with van der Waals surface area (Å²) in [5.74, 6) is 1.34. The first kappa shape index (κ1) is 17.5. The van der Waals surface area contributed by atoms with Crippen molar-refractivity contribution in [2.45, 2.75) is 26.3 Å². The summed E-state index contributed by atoms with van der Waals surface area (Å²) >= 11 is 0. The summed E-state index contributed by atoms with van der Waals surface area (Å²) < 4.78 is 5.24. The molecule has 0 aromatic carbocycles. The zero-order valence-electron chi connectivity index (χ0n) is 14.0. The number of aliphatic imine (C=N–C) groups is 1. The zero-order valence-corrected chi connectivity index (χ0v) is 14.0. The average Bonchev–Trinajstić information content (AvgIpc) is 3.05. The minimum atomic E-state index is -0.187. The van der Waals surface area contributed by atoms with E-state index in [2.05, 4.69) is 44.9 Å². The van der Waals surface area contributed by atoms with Gasteiger partial charge in [0.2, 0.25) is 5.91 Å². The van der Waals surface area contributed by atoms with Crippen molar-refractivity contribution in [3.05, 3.63) is 42.0 Å². The van der Waals surface area contributed by atoms with E-state index < -0.39 is 0 Å². The Balaban J connectivity index is 1.76. The average molecular weight is 330 g/mol. The number of anilines is 1. The van der Waals surface area contributed by atoms with Crippen LogP contribution in [0, 0.1) is 0 Å². The van der Waals surface area contributed by atoms with Crippen LogP contribution in [0.4, 0.5) is 5.69 Å². The highest BCUT2D eigenvalue weighted by Gasteiger charge is 2.09. The Bertz CT molecular complexity index is 681. The SMILES string of the molecule is CN=C(NCC(=O)Nc1cccnc1)NCc1cc(C(C)C)no1. The van der Waals surface area contributed by atoms with Crippen LogP contribution in [-0.2, 0) is 11.3 Å². The van der Waals surface area contributed by atoms with E-state index in [4.69, 9.17) is 4.52 Å². The molecule has 24 heavy (non-hydrogen) atoms. The normalized spacial score (nSPS) is 11.4. The molecule has 2 rings (SSSR count). The van der Waals surface area contributed by atoms with Crippen molar-refractivity contribution in [3.63, 3.8) is 0 Å². The molecule has 8 nitrogen and oxygen atoms in total. The quantitative estimate of drug-likeness (QED) is 0.548. The van der Waals surface area contributed by atoms with Crippen molar-refractivity contribution in [1.82, 2.24) is 20.8 Å². The Morgan fingerprint density at radius 3 is 2.83 bits per heavy atom. The summed E-state index contributed by atoms with van der Waals surface area (Å²) in [7, 11) is 1.63. The first-order valence-corrected chi connectivity index (χ1v) is 7.68. The minimum absolute atomic E-state index is 0.0855. The van der Waals surface area contributed by atoms with Gasteiger partial charge in [0.1, 0.15) is 0 Å². The molecule has 0 aliphatic carbocycles. The van der Waals surface area contributed by atoms with Crippen molar-refractivity contribution in [2.75, 3.05) is 18.9 Å². The highest BCUT2D eigenvalue weighted by atomic mass is 16.5. The van der Waals surface area contributed by atoms with Crippen LogP contribution < -0.4 is 16.0 Å². The highest BCUT2D eigenvalue weighted by molar-refractivity contribution is 5.94. The van der Waals surface area contributed by atoms with Crippen molar-refractivity contribution >= 4 is 17.6 Å². The van der Waals surface area contributed by atoms with E-state index in [1.807, 2.05) is 6.07 Å². The maximum atomic E-state index is 11.9. The number of hydrogen-bond donors (Lipinski definition) is 3. The van der Waals surface area contributed by atoms with Gasteiger partial charge >= 0.3 is 0 Å². The molecule has 0 spiro atoms. The largest absolute Gasteiger partial charge is 0.359 e. The molecule has 0 atom stereocenters. The topological polar surface area (TPSA) is 104 Å². The number of guanidine groups is 1. The van der Waals surface area contributed by atoms with Gasteiger partial charge in [-0.2, -0.15) is 0 Å². The van der Waals surface area contributed by atoms with Gasteiger partial charge in [-0.25, -0.2) is 0 Å². The second-order valence-corrected chi connectivity index (χ2v) is 5.44. The van der Waals surface area contributed by atoms with Crippen molar-refractivity contribution in [1.29, 1.82) is 0 Å². The molecule has 0 fully saturated rings. The summed E-state index contributed by atoms with van der Waals surface area (Å²) in [6.45, 7) is 4.62. The van der Waals surface area contributed by atoms with Crippen molar-refractivity contribution < 1.29 is 9.32 Å². The first-order chi connectivity index (χ1) is 11.6. The third-order valence-electron chi connectivity index (χ3n) is 3.18. The van der Waals surface area contributed by atoms with Crippen LogP contribution in [0.1, 0.15) is 31.2 Å². The summed E-state index contributed by atoms with van der Waals surface area (Å²) in [5.41, 5.74) is 1.56. The highest BCUT2D eigenvalue weighted by Crippen LogP contribution is 2.13. The number of pyridine rings is 1. The predicted octanol–water partition coefficient (Wildman–Crippen LogP) is 1.50. The fraction of sp³-hybridized carbons (Fsp3) is 0.375. The molecule has 0 saturated carbocycles. The van der Waals surface area contributed by atoms with E-state index in [9.17, 15) is 4.79 Å². The van der Waals surface area contributed by atoms with Gasteiger partial charge in [-0.05, 0) is 18.1 Å². The van der Waals surface area contributed by atoms with Crippen LogP contribution in [0.15, 0.2) is 40.1 Å². The van der Waals surface area contributed by atoms with Crippen LogP contribution in [0.2, 0.25) is 0 Å². The summed E-state index contributed by atoms with van der Waals surface area (Å²) in [6, 6.07) is 5.43. The van der Waals surface area contributed by atoms with Gasteiger partial charge in [0.15, 0.2) is 11.7 Å². The summed E-state index contributed by atoms with van der Waals surface area (Å²) in [5, 5.41) is 12.7. The van der Waals surface area contributed by atoms with E-state index in [1.54, 1.807) is 31.6 Å². The number of nitrogens with one attached hydrogen (secondary N) is 3. The Labute approximate surface area is 140 Å². The maximum Gasteiger partial charge on any atom is 0.243 e. The van der Waals surface area contributed by atoms with Gasteiger partial charge in [-0.15, -0.1) is 0 Å². The molecule has 0 unspecified atom stereocenters. The lowest BCUT2D eigenvalue weighted by Crippen LogP contribution is -2.41. The fourth-order valence-electron chi connectivity index (χ4n) is 1.88. The number of carbonyl (C=O) groups excluding carboxylic acids is 1. The zero-order chi connectivity index (χ0) is 17.4. The number of amides is 1. The third kappa shape index (κ3) is 5.38. The molecule has 0 radical (unpaired) electrons. The standard InChI is InChI=1S/C16H22N6O2/c1-11(2)14-7-13(24-22-14)9-19-16(17-3)20-10-15(23)21-12-5-4-6-18-8-12/h4-8,11H,9-10H2,1-3H3,(H,21,23)(H2,17,19,20). The minimum Gasteiger partial charge on any atom is -0.359 e. The molecular weight excluding hydrogens is 308 g/mol. The Morgan fingerprint density at radius 1 is 1.38 bits per heavy atom. The lowest BCUT2D eigenvalue weighted by atomic mass is 10.1. The van der Waals surface area contributed by atoms with E-state index in [0.29, 0.717) is 29.9 Å². The molecular formula is C16H22N6O2. The van der Waals surface area contributed by atoms with Gasteiger partial charge in [-0.3, -0.25) is 14.8 Å². The smallest absolute Gasteiger partial charge is 0.243 e. The number of nitrogens with zero attached hydrogens (tertiary/aromatic N) is 3. The monoisotopic (exact) mass is 330 g/mol. The van der Waals surface area contributed by atoms with Gasteiger partial charge < -0.3 is 20.5 Å². The summed E-state index contributed by atoms with van der Waals surface area (Å²) in [6.07, 6.45) is 3.23. The van der Waals surface area contributed by atoms with Crippen LogP contribution in [0.3, 0.4) is 0 Å². The van der Waals surface area contributed by atoms with Gasteiger partial charge in [-0.1, -0.05) is 19.0 Å². The van der Waals surface area contributed by atoms with E-state index in [0.717, 1.165) is 5.69 Å². The predicted molar refractivity (Wildman–Crippen MR) is 91.7 cm³/mol. The van der Waals surface area contributed by atoms with Gasteiger partial charge in [0.25, 0.3) is 0 Å². The van der Waals surface area contributed by atoms with E-state index in [1.165, 1.54) is 0 Å². The van der Waals surface area contributed by atoms with Gasteiger partial charge in [0, 0.05) is 19.3 Å². The Morgan fingerprint density at radius 2 is 2.21 bits per heavy atom. The van der Waals surface area contributed by atoms with Gasteiger partial charge in [0.05, 0.1) is 30.7 Å². The number of carbonyl (C=O) groups is 1. The van der Waals surface area contributed by atoms with Crippen LogP contribution in [0.25, 0.3) is 0 Å². The second kappa shape index (κ2) is 8.66. The molecule has 0 aliphatic heterocycles. The first-order valence-electron chi connectivity index (χ1n) is 7.68. The fourth-order valence-corrected chi connectivity index (χ4v) is 1.88. The molecule has 0 saturated heterocycles. The third-order valence-corrected chi connectivity index (χ3v) is 3.18. The van der Waals surface area contributed by atoms with Crippen molar-refractivity contribution in [2.24, 2.45) is 4.99 Å². The van der Waals surface area contributed by atoms with Crippen molar-refractivity contribution in [3.8, 4) is 0 Å². The molecule has 2 aromatic rings. The molecule has 2 aromatic heterocycles. The van der Waals surface area contributed by atoms with E-state index in [-0.39, 0.29) is 12.5 Å². The lowest BCUT2D eigenvalue weighted by molar-refractivity contribution is -0.115.